The van der Waals surface area contributed by atoms with Crippen LogP contribution in [0.1, 0.15) is 0 Å². The first-order chi connectivity index (χ1) is 8.73. The Morgan fingerprint density at radius 2 is 2.00 bits per heavy atom. The second-order valence-electron chi connectivity index (χ2n) is 3.43. The van der Waals surface area contributed by atoms with Crippen LogP contribution >= 0.6 is 23.2 Å². The number of nitrogens with zero attached hydrogens (tertiary/aromatic N) is 2. The molecule has 1 amide bonds. The fourth-order valence-corrected chi connectivity index (χ4v) is 1.77. The molecule has 0 bridgehead atoms. The standard InChI is InChI=1S/C10H10Cl2N2O4S/c1-18-8-5-6(14-19(2,16)17)3-4-7(8)13-10(15)9(11)12/h3-5,9H,1-2H3/b13-7?,14-6+. The predicted octanol–water partition coefficient (Wildman–Crippen LogP) is 1.26. The average molecular weight is 325 g/mol. The highest BCUT2D eigenvalue weighted by molar-refractivity contribution is 7.89. The second kappa shape index (κ2) is 6.31. The van der Waals surface area contributed by atoms with Crippen molar-refractivity contribution in [1.29, 1.82) is 0 Å². The maximum absolute atomic E-state index is 11.3. The van der Waals surface area contributed by atoms with E-state index in [9.17, 15) is 13.2 Å². The number of methoxy groups -OCH3 is 1. The Morgan fingerprint density at radius 3 is 2.47 bits per heavy atom. The third kappa shape index (κ3) is 5.14. The molecule has 0 fully saturated rings. The first-order valence-corrected chi connectivity index (χ1v) is 7.60. The summed E-state index contributed by atoms with van der Waals surface area (Å²) < 4.78 is 30.5. The van der Waals surface area contributed by atoms with Gasteiger partial charge in [0.25, 0.3) is 15.9 Å². The van der Waals surface area contributed by atoms with Crippen LogP contribution in [0.25, 0.3) is 0 Å². The summed E-state index contributed by atoms with van der Waals surface area (Å²) in [6.07, 6.45) is 5.07. The van der Waals surface area contributed by atoms with Crippen molar-refractivity contribution in [3.63, 3.8) is 0 Å². The van der Waals surface area contributed by atoms with Crippen molar-refractivity contribution in [3.05, 3.63) is 24.0 Å². The van der Waals surface area contributed by atoms with E-state index < -0.39 is 20.8 Å². The van der Waals surface area contributed by atoms with Gasteiger partial charge in [0.1, 0.15) is 11.5 Å². The van der Waals surface area contributed by atoms with E-state index in [4.69, 9.17) is 27.9 Å². The first-order valence-electron chi connectivity index (χ1n) is 4.87. The SMILES string of the molecule is COC1=C/C(=N/S(C)(=O)=O)C=CC1=NC(=O)C(Cl)Cl. The van der Waals surface area contributed by atoms with Crippen LogP contribution in [0.15, 0.2) is 33.4 Å². The molecule has 1 aliphatic rings. The lowest BCUT2D eigenvalue weighted by Gasteiger charge is -2.10. The number of halogens is 2. The largest absolute Gasteiger partial charge is 0.494 e. The first kappa shape index (κ1) is 15.9. The van der Waals surface area contributed by atoms with Gasteiger partial charge in [-0.15, -0.1) is 0 Å². The number of ether oxygens (including phenoxy) is 1. The Bertz CT molecular complexity index is 603. The molecule has 0 aromatic rings. The smallest absolute Gasteiger partial charge is 0.279 e. The van der Waals surface area contributed by atoms with E-state index in [1.165, 1.54) is 25.3 Å². The number of sulfonamides is 1. The zero-order valence-corrected chi connectivity index (χ0v) is 12.3. The number of carbonyl (C=O) groups excluding carboxylic acids is 1. The van der Waals surface area contributed by atoms with Crippen molar-refractivity contribution in [3.8, 4) is 0 Å². The van der Waals surface area contributed by atoms with Gasteiger partial charge in [-0.3, -0.25) is 4.79 Å². The zero-order chi connectivity index (χ0) is 14.6. The monoisotopic (exact) mass is 324 g/mol. The van der Waals surface area contributed by atoms with Crippen molar-refractivity contribution >= 4 is 50.6 Å². The highest BCUT2D eigenvalue weighted by Gasteiger charge is 2.16. The zero-order valence-electron chi connectivity index (χ0n) is 10.0. The Kier molecular flexibility index (Phi) is 5.28. The number of alkyl halides is 2. The number of aliphatic imine (C=N–C) groups is 1. The van der Waals surface area contributed by atoms with E-state index in [2.05, 4.69) is 9.39 Å². The molecular formula is C10H10Cl2N2O4S. The van der Waals surface area contributed by atoms with E-state index in [0.29, 0.717) is 0 Å². The van der Waals surface area contributed by atoms with Crippen molar-refractivity contribution in [1.82, 2.24) is 0 Å². The number of amides is 1. The van der Waals surface area contributed by atoms with Gasteiger partial charge in [-0.05, 0) is 12.2 Å². The van der Waals surface area contributed by atoms with Crippen LogP contribution in [-0.4, -0.2) is 44.0 Å². The van der Waals surface area contributed by atoms with Crippen molar-refractivity contribution in [2.45, 2.75) is 4.84 Å². The Labute approximate surface area is 120 Å². The molecule has 0 aromatic heterocycles. The summed E-state index contributed by atoms with van der Waals surface area (Å²) in [5, 5.41) is 0. The maximum atomic E-state index is 11.3. The molecule has 0 aromatic carbocycles. The summed E-state index contributed by atoms with van der Waals surface area (Å²) in [6.45, 7) is 0. The van der Waals surface area contributed by atoms with Crippen LogP contribution in [-0.2, 0) is 19.6 Å². The number of hydrogen-bond acceptors (Lipinski definition) is 4. The minimum atomic E-state index is -3.52. The molecule has 1 aliphatic carbocycles. The van der Waals surface area contributed by atoms with Crippen LogP contribution in [0, 0.1) is 0 Å². The van der Waals surface area contributed by atoms with Gasteiger partial charge in [-0.2, -0.15) is 4.40 Å². The Balaban J connectivity index is 3.12. The number of rotatable bonds is 3. The van der Waals surface area contributed by atoms with Crippen molar-refractivity contribution in [2.75, 3.05) is 13.4 Å². The highest BCUT2D eigenvalue weighted by atomic mass is 35.5. The van der Waals surface area contributed by atoms with Crippen LogP contribution in [0.4, 0.5) is 0 Å². The number of carbonyl (C=O) groups is 1. The molecule has 0 N–H and O–H groups in total. The van der Waals surface area contributed by atoms with Crippen LogP contribution in [0.2, 0.25) is 0 Å². The Morgan fingerprint density at radius 1 is 1.37 bits per heavy atom. The van der Waals surface area contributed by atoms with E-state index in [1.807, 2.05) is 0 Å². The summed E-state index contributed by atoms with van der Waals surface area (Å²) in [4.78, 5) is 13.7. The minimum Gasteiger partial charge on any atom is -0.494 e. The molecule has 9 heteroatoms. The second-order valence-corrected chi connectivity index (χ2v) is 6.18. The van der Waals surface area contributed by atoms with Gasteiger partial charge in [0.05, 0.1) is 19.1 Å². The fourth-order valence-electron chi connectivity index (χ4n) is 1.17. The highest BCUT2D eigenvalue weighted by Crippen LogP contribution is 2.12. The van der Waals surface area contributed by atoms with Gasteiger partial charge < -0.3 is 4.74 Å². The molecule has 0 spiro atoms. The van der Waals surface area contributed by atoms with Gasteiger partial charge in [0.15, 0.2) is 4.84 Å². The molecule has 0 radical (unpaired) electrons. The molecule has 0 unspecified atom stereocenters. The van der Waals surface area contributed by atoms with E-state index in [0.717, 1.165) is 6.26 Å². The maximum Gasteiger partial charge on any atom is 0.279 e. The van der Waals surface area contributed by atoms with Crippen LogP contribution in [0.3, 0.4) is 0 Å². The quantitative estimate of drug-likeness (QED) is 0.577. The van der Waals surface area contributed by atoms with Crippen LogP contribution < -0.4 is 0 Å². The summed E-state index contributed by atoms with van der Waals surface area (Å²) >= 11 is 10.8. The number of hydrogen-bond donors (Lipinski definition) is 0. The molecule has 0 aliphatic heterocycles. The van der Waals surface area contributed by atoms with Gasteiger partial charge in [-0.1, -0.05) is 23.2 Å². The molecule has 1 rings (SSSR count). The van der Waals surface area contributed by atoms with Gasteiger partial charge >= 0.3 is 0 Å². The molecule has 6 nitrogen and oxygen atoms in total. The lowest BCUT2D eigenvalue weighted by atomic mass is 10.1. The Hall–Kier alpha value is -1.18. The molecule has 0 heterocycles. The molecule has 0 atom stereocenters. The molecule has 0 saturated heterocycles. The summed E-state index contributed by atoms with van der Waals surface area (Å²) in [5.74, 6) is -0.554. The lowest BCUT2D eigenvalue weighted by Crippen LogP contribution is -2.15. The van der Waals surface area contributed by atoms with E-state index in [-0.39, 0.29) is 17.2 Å². The van der Waals surface area contributed by atoms with Crippen molar-refractivity contribution in [2.24, 2.45) is 9.39 Å². The summed E-state index contributed by atoms with van der Waals surface area (Å²) in [6, 6.07) is 0. The predicted molar refractivity (Wildman–Crippen MR) is 74.4 cm³/mol. The molecule has 104 valence electrons. The minimum absolute atomic E-state index is 0.166. The summed E-state index contributed by atoms with van der Waals surface area (Å²) in [7, 11) is -2.17. The third-order valence-corrected chi connectivity index (χ3v) is 2.77. The lowest BCUT2D eigenvalue weighted by molar-refractivity contribution is -0.116. The van der Waals surface area contributed by atoms with E-state index in [1.54, 1.807) is 0 Å². The average Bonchev–Trinajstić information content (AvgIpc) is 2.28. The van der Waals surface area contributed by atoms with E-state index >= 15 is 0 Å². The number of allylic oxidation sites excluding steroid dienone is 3. The van der Waals surface area contributed by atoms with Gasteiger partial charge in [0.2, 0.25) is 0 Å². The molecule has 19 heavy (non-hydrogen) atoms. The molecular weight excluding hydrogens is 315 g/mol. The van der Waals surface area contributed by atoms with Gasteiger partial charge in [-0.25, -0.2) is 13.4 Å². The normalized spacial score (nSPS) is 19.9. The fraction of sp³-hybridized carbons (Fsp3) is 0.300. The summed E-state index contributed by atoms with van der Waals surface area (Å²) in [5.41, 5.74) is 0.352. The topological polar surface area (TPSA) is 85.2 Å². The van der Waals surface area contributed by atoms with Crippen molar-refractivity contribution < 1.29 is 17.9 Å². The molecule has 0 saturated carbocycles. The van der Waals surface area contributed by atoms with Gasteiger partial charge in [0, 0.05) is 6.08 Å². The van der Waals surface area contributed by atoms with Crippen LogP contribution in [0.5, 0.6) is 0 Å². The third-order valence-electron chi connectivity index (χ3n) is 1.85.